The maximum Gasteiger partial charge on any atom is 0.328 e. The van der Waals surface area contributed by atoms with Gasteiger partial charge in [0.25, 0.3) is 5.91 Å². The van der Waals surface area contributed by atoms with Crippen molar-refractivity contribution in [2.75, 3.05) is 50.8 Å². The highest BCUT2D eigenvalue weighted by Crippen LogP contribution is 2.32. The number of piperidine rings is 1. The molecule has 2 aliphatic heterocycles. The van der Waals surface area contributed by atoms with Crippen molar-refractivity contribution in [3.05, 3.63) is 71.2 Å². The van der Waals surface area contributed by atoms with Gasteiger partial charge in [-0.2, -0.15) is 0 Å². The zero-order chi connectivity index (χ0) is 26.5. The topological polar surface area (TPSA) is 73.3 Å². The van der Waals surface area contributed by atoms with Crippen LogP contribution in [0.25, 0.3) is 10.8 Å². The Morgan fingerprint density at radius 1 is 0.947 bits per heavy atom. The number of piperazine rings is 1. The number of aliphatic carboxylic acids is 1. The molecule has 0 saturated carbocycles. The number of carbonyl (C=O) groups is 2. The minimum absolute atomic E-state index is 0.0871. The van der Waals surface area contributed by atoms with Gasteiger partial charge in [0.15, 0.2) is 0 Å². The molecule has 1 unspecified atom stereocenters. The van der Waals surface area contributed by atoms with E-state index in [4.69, 9.17) is 16.3 Å². The van der Waals surface area contributed by atoms with E-state index in [1.807, 2.05) is 48.5 Å². The number of ether oxygens (including phenoxy) is 1. The molecule has 38 heavy (non-hydrogen) atoms. The summed E-state index contributed by atoms with van der Waals surface area (Å²) >= 11 is 6.54. The summed E-state index contributed by atoms with van der Waals surface area (Å²) in [7, 11) is 0. The lowest BCUT2D eigenvalue weighted by atomic mass is 10.0. The molecule has 8 heteroatoms. The Labute approximate surface area is 228 Å². The fourth-order valence-corrected chi connectivity index (χ4v) is 5.74. The third-order valence-electron chi connectivity index (χ3n) is 7.54. The predicted octanol–water partition coefficient (Wildman–Crippen LogP) is 5.16. The van der Waals surface area contributed by atoms with Crippen LogP contribution in [0.5, 0.6) is 5.75 Å². The van der Waals surface area contributed by atoms with Crippen LogP contribution in [0.3, 0.4) is 0 Å². The van der Waals surface area contributed by atoms with E-state index in [-0.39, 0.29) is 12.5 Å². The van der Waals surface area contributed by atoms with Crippen molar-refractivity contribution in [1.29, 1.82) is 0 Å². The first kappa shape index (κ1) is 26.3. The largest absolute Gasteiger partial charge is 0.492 e. The van der Waals surface area contributed by atoms with Crippen LogP contribution in [0.1, 0.15) is 36.0 Å². The van der Waals surface area contributed by atoms with Crippen molar-refractivity contribution < 1.29 is 19.4 Å². The first-order valence-electron chi connectivity index (χ1n) is 13.4. The van der Waals surface area contributed by atoms with Crippen LogP contribution in [-0.2, 0) is 4.79 Å². The number of hydrogen-bond donors (Lipinski definition) is 1. The molecule has 0 spiro atoms. The van der Waals surface area contributed by atoms with Gasteiger partial charge in [-0.15, -0.1) is 0 Å². The molecule has 200 valence electrons. The molecule has 2 aliphatic rings. The standard InChI is InChI=1S/C30H34ClN3O4/c31-26-20-23(12-13-28(26)38-19-7-16-32-14-4-1-5-15-32)34-18-17-33(21-27(34)30(36)37)29(35)25-11-6-9-22-8-2-3-10-24(22)25/h2-3,6,8-13,20,27H,1,4-5,7,14-19,21H2,(H,36,37). The van der Waals surface area contributed by atoms with Crippen molar-refractivity contribution in [1.82, 2.24) is 9.80 Å². The summed E-state index contributed by atoms with van der Waals surface area (Å²) in [5, 5.41) is 12.4. The maximum atomic E-state index is 13.4. The number of likely N-dealkylation sites (tertiary alicyclic amines) is 1. The first-order chi connectivity index (χ1) is 18.5. The minimum atomic E-state index is -0.977. The van der Waals surface area contributed by atoms with Crippen LogP contribution >= 0.6 is 11.6 Å². The lowest BCUT2D eigenvalue weighted by Crippen LogP contribution is -2.58. The molecular formula is C30H34ClN3O4. The van der Waals surface area contributed by atoms with Gasteiger partial charge in [-0.1, -0.05) is 54.4 Å². The maximum absolute atomic E-state index is 13.4. The molecule has 5 rings (SSSR count). The van der Waals surface area contributed by atoms with Gasteiger partial charge in [-0.3, -0.25) is 4.79 Å². The SMILES string of the molecule is O=C(O)C1CN(C(=O)c2cccc3ccccc23)CCN1c1ccc(OCCCN2CCCCC2)c(Cl)c1. The summed E-state index contributed by atoms with van der Waals surface area (Å²) in [4.78, 5) is 31.6. The molecule has 0 aromatic heterocycles. The molecule has 0 bridgehead atoms. The second-order valence-corrected chi connectivity index (χ2v) is 10.5. The second-order valence-electron chi connectivity index (χ2n) is 10.0. The summed E-state index contributed by atoms with van der Waals surface area (Å²) in [5.74, 6) is -0.528. The van der Waals surface area contributed by atoms with Crippen molar-refractivity contribution in [3.8, 4) is 5.75 Å². The lowest BCUT2D eigenvalue weighted by Gasteiger charge is -2.41. The van der Waals surface area contributed by atoms with E-state index < -0.39 is 12.0 Å². The third-order valence-corrected chi connectivity index (χ3v) is 7.84. The average Bonchev–Trinajstić information content (AvgIpc) is 2.95. The van der Waals surface area contributed by atoms with Crippen molar-refractivity contribution in [2.45, 2.75) is 31.7 Å². The number of amides is 1. The van der Waals surface area contributed by atoms with E-state index in [0.717, 1.165) is 23.7 Å². The van der Waals surface area contributed by atoms with Crippen LogP contribution in [0.15, 0.2) is 60.7 Å². The van der Waals surface area contributed by atoms with Crippen molar-refractivity contribution in [3.63, 3.8) is 0 Å². The van der Waals surface area contributed by atoms with Crippen LogP contribution in [0, 0.1) is 0 Å². The summed E-state index contributed by atoms with van der Waals surface area (Å²) in [6, 6.07) is 17.9. The van der Waals surface area contributed by atoms with Gasteiger partial charge < -0.3 is 24.5 Å². The van der Waals surface area contributed by atoms with E-state index in [2.05, 4.69) is 4.90 Å². The normalized spacial score (nSPS) is 18.5. The Morgan fingerprint density at radius 3 is 2.53 bits per heavy atom. The number of carbonyl (C=O) groups excluding carboxylic acids is 1. The number of nitrogens with zero attached hydrogens (tertiary/aromatic N) is 3. The molecule has 1 atom stereocenters. The molecule has 2 fully saturated rings. The van der Waals surface area contributed by atoms with E-state index in [9.17, 15) is 14.7 Å². The number of anilines is 1. The van der Waals surface area contributed by atoms with Crippen LogP contribution < -0.4 is 9.64 Å². The molecular weight excluding hydrogens is 502 g/mol. The number of benzene rings is 3. The zero-order valence-electron chi connectivity index (χ0n) is 21.5. The van der Waals surface area contributed by atoms with Crippen molar-refractivity contribution in [2.24, 2.45) is 0 Å². The number of rotatable bonds is 8. The Kier molecular flexibility index (Phi) is 8.35. The van der Waals surface area contributed by atoms with E-state index in [1.165, 1.54) is 32.4 Å². The van der Waals surface area contributed by atoms with Gasteiger partial charge in [-0.25, -0.2) is 4.79 Å². The van der Waals surface area contributed by atoms with E-state index in [0.29, 0.717) is 41.7 Å². The highest BCUT2D eigenvalue weighted by atomic mass is 35.5. The minimum Gasteiger partial charge on any atom is -0.492 e. The number of hydrogen-bond acceptors (Lipinski definition) is 5. The Morgan fingerprint density at radius 2 is 1.74 bits per heavy atom. The summed E-state index contributed by atoms with van der Waals surface area (Å²) in [5.41, 5.74) is 1.30. The molecule has 7 nitrogen and oxygen atoms in total. The number of halogens is 1. The van der Waals surface area contributed by atoms with Gasteiger partial charge in [0, 0.05) is 30.9 Å². The number of carboxylic acids is 1. The highest BCUT2D eigenvalue weighted by molar-refractivity contribution is 6.32. The quantitative estimate of drug-likeness (QED) is 0.401. The van der Waals surface area contributed by atoms with Gasteiger partial charge in [0.2, 0.25) is 0 Å². The molecule has 0 radical (unpaired) electrons. The molecule has 0 aliphatic carbocycles. The lowest BCUT2D eigenvalue weighted by molar-refractivity contribution is -0.139. The molecule has 3 aromatic carbocycles. The monoisotopic (exact) mass is 535 g/mol. The van der Waals surface area contributed by atoms with Crippen molar-refractivity contribution >= 4 is 39.9 Å². The Bertz CT molecular complexity index is 1290. The average molecular weight is 536 g/mol. The fraction of sp³-hybridized carbons (Fsp3) is 0.400. The number of carboxylic acid groups (broad SMARTS) is 1. The Hall–Kier alpha value is -3.29. The van der Waals surface area contributed by atoms with Gasteiger partial charge in [-0.05, 0) is 67.4 Å². The second kappa shape index (κ2) is 12.0. The smallest absolute Gasteiger partial charge is 0.328 e. The van der Waals surface area contributed by atoms with Crippen LogP contribution in [-0.4, -0.2) is 78.7 Å². The molecule has 2 heterocycles. The van der Waals surface area contributed by atoms with Gasteiger partial charge >= 0.3 is 5.97 Å². The van der Waals surface area contributed by atoms with E-state index >= 15 is 0 Å². The predicted molar refractivity (Wildman–Crippen MR) is 150 cm³/mol. The van der Waals surface area contributed by atoms with Crippen LogP contribution in [0.4, 0.5) is 5.69 Å². The molecule has 1 N–H and O–H groups in total. The third kappa shape index (κ3) is 5.89. The summed E-state index contributed by atoms with van der Waals surface area (Å²) in [6.45, 7) is 4.84. The van der Waals surface area contributed by atoms with Gasteiger partial charge in [0.1, 0.15) is 11.8 Å². The summed E-state index contributed by atoms with van der Waals surface area (Å²) < 4.78 is 5.93. The number of fused-ring (bicyclic) bond motifs is 1. The molecule has 1 amide bonds. The first-order valence-corrected chi connectivity index (χ1v) is 13.8. The summed E-state index contributed by atoms with van der Waals surface area (Å²) in [6.07, 6.45) is 4.81. The zero-order valence-corrected chi connectivity index (χ0v) is 22.3. The van der Waals surface area contributed by atoms with Crippen LogP contribution in [0.2, 0.25) is 5.02 Å². The van der Waals surface area contributed by atoms with Gasteiger partial charge in [0.05, 0.1) is 18.2 Å². The molecule has 2 saturated heterocycles. The highest BCUT2D eigenvalue weighted by Gasteiger charge is 2.35. The fourth-order valence-electron chi connectivity index (χ4n) is 5.51. The van der Waals surface area contributed by atoms with E-state index in [1.54, 1.807) is 21.9 Å². The molecule has 3 aromatic rings. The Balaban J connectivity index is 1.23.